The van der Waals surface area contributed by atoms with Crippen molar-refractivity contribution >= 4 is 31.3 Å². The second-order valence-corrected chi connectivity index (χ2v) is 6.42. The first kappa shape index (κ1) is 12.4. The van der Waals surface area contributed by atoms with Gasteiger partial charge >= 0.3 is 0 Å². The quantitative estimate of drug-likeness (QED) is 0.784. The standard InChI is InChI=1S/C12H8Cl2O2S/c13-10-5-3-4-9(8-10)11-6-1-2-7-12(11)17(14,15)16/h1-8H. The zero-order chi connectivity index (χ0) is 12.5. The van der Waals surface area contributed by atoms with E-state index in [-0.39, 0.29) is 4.90 Å². The number of rotatable bonds is 2. The fourth-order valence-electron chi connectivity index (χ4n) is 1.57. The van der Waals surface area contributed by atoms with Crippen LogP contribution in [0.5, 0.6) is 0 Å². The van der Waals surface area contributed by atoms with Gasteiger partial charge in [0, 0.05) is 21.3 Å². The second kappa shape index (κ2) is 4.69. The highest BCUT2D eigenvalue weighted by Crippen LogP contribution is 2.30. The number of benzene rings is 2. The molecule has 0 saturated heterocycles. The molecule has 0 radical (unpaired) electrons. The van der Waals surface area contributed by atoms with Gasteiger partial charge in [0.2, 0.25) is 0 Å². The maximum Gasteiger partial charge on any atom is 0.261 e. The van der Waals surface area contributed by atoms with Gasteiger partial charge in [0.25, 0.3) is 9.05 Å². The normalized spacial score (nSPS) is 11.4. The van der Waals surface area contributed by atoms with Gasteiger partial charge in [0.15, 0.2) is 0 Å². The molecule has 5 heteroatoms. The van der Waals surface area contributed by atoms with Crippen molar-refractivity contribution in [1.82, 2.24) is 0 Å². The molecule has 0 unspecified atom stereocenters. The summed E-state index contributed by atoms with van der Waals surface area (Å²) in [6.45, 7) is 0. The zero-order valence-corrected chi connectivity index (χ0v) is 10.9. The lowest BCUT2D eigenvalue weighted by molar-refractivity contribution is 0.610. The Morgan fingerprint density at radius 1 is 0.941 bits per heavy atom. The van der Waals surface area contributed by atoms with Crippen LogP contribution in [0.2, 0.25) is 5.02 Å². The summed E-state index contributed by atoms with van der Waals surface area (Å²) in [4.78, 5) is 0.0870. The molecule has 2 nitrogen and oxygen atoms in total. The van der Waals surface area contributed by atoms with Crippen molar-refractivity contribution < 1.29 is 8.42 Å². The van der Waals surface area contributed by atoms with Crippen molar-refractivity contribution in [2.24, 2.45) is 0 Å². The Labute approximate surface area is 109 Å². The molecule has 0 aliphatic rings. The highest BCUT2D eigenvalue weighted by atomic mass is 35.7. The molecular weight excluding hydrogens is 279 g/mol. The van der Waals surface area contributed by atoms with Crippen LogP contribution in [-0.2, 0) is 9.05 Å². The van der Waals surface area contributed by atoms with Gasteiger partial charge < -0.3 is 0 Å². The van der Waals surface area contributed by atoms with Crippen LogP contribution in [0.1, 0.15) is 0 Å². The second-order valence-electron chi connectivity index (χ2n) is 3.44. The molecule has 0 fully saturated rings. The minimum Gasteiger partial charge on any atom is -0.207 e. The topological polar surface area (TPSA) is 34.1 Å². The first-order valence-corrected chi connectivity index (χ1v) is 7.47. The molecule has 2 aromatic carbocycles. The molecule has 17 heavy (non-hydrogen) atoms. The van der Waals surface area contributed by atoms with E-state index in [2.05, 4.69) is 0 Å². The summed E-state index contributed by atoms with van der Waals surface area (Å²) in [7, 11) is 1.63. The molecule has 0 heterocycles. The van der Waals surface area contributed by atoms with Crippen LogP contribution in [0.25, 0.3) is 11.1 Å². The SMILES string of the molecule is O=S(=O)(Cl)c1ccccc1-c1cccc(Cl)c1. The molecule has 0 spiro atoms. The fraction of sp³-hybridized carbons (Fsp3) is 0. The molecule has 2 rings (SSSR count). The van der Waals surface area contributed by atoms with E-state index in [9.17, 15) is 8.42 Å². The van der Waals surface area contributed by atoms with Crippen LogP contribution < -0.4 is 0 Å². The minimum atomic E-state index is -3.77. The van der Waals surface area contributed by atoms with Crippen LogP contribution >= 0.6 is 22.3 Å². The van der Waals surface area contributed by atoms with Crippen molar-refractivity contribution in [3.8, 4) is 11.1 Å². The fourth-order valence-corrected chi connectivity index (χ4v) is 2.86. The van der Waals surface area contributed by atoms with Crippen molar-refractivity contribution in [2.75, 3.05) is 0 Å². The van der Waals surface area contributed by atoms with Gasteiger partial charge in [-0.1, -0.05) is 41.9 Å². The van der Waals surface area contributed by atoms with Crippen LogP contribution in [-0.4, -0.2) is 8.42 Å². The van der Waals surface area contributed by atoms with Gasteiger partial charge in [-0.15, -0.1) is 0 Å². The van der Waals surface area contributed by atoms with Crippen molar-refractivity contribution in [3.05, 3.63) is 53.6 Å². The maximum atomic E-state index is 11.4. The summed E-state index contributed by atoms with van der Waals surface area (Å²) in [6, 6.07) is 13.5. The first-order chi connectivity index (χ1) is 7.98. The van der Waals surface area contributed by atoms with Gasteiger partial charge in [0.05, 0.1) is 4.90 Å². The smallest absolute Gasteiger partial charge is 0.207 e. The number of hydrogen-bond acceptors (Lipinski definition) is 2. The summed E-state index contributed by atoms with van der Waals surface area (Å²) in [5, 5.41) is 0.546. The van der Waals surface area contributed by atoms with Crippen LogP contribution in [0.15, 0.2) is 53.4 Å². The van der Waals surface area contributed by atoms with E-state index >= 15 is 0 Å². The monoisotopic (exact) mass is 286 g/mol. The van der Waals surface area contributed by atoms with Crippen LogP contribution in [0.4, 0.5) is 0 Å². The van der Waals surface area contributed by atoms with Gasteiger partial charge in [-0.25, -0.2) is 8.42 Å². The summed E-state index contributed by atoms with van der Waals surface area (Å²) in [6.07, 6.45) is 0. The third kappa shape index (κ3) is 2.80. The molecule has 0 aromatic heterocycles. The predicted molar refractivity (Wildman–Crippen MR) is 69.9 cm³/mol. The molecule has 0 amide bonds. The Balaban J connectivity index is 2.69. The molecule has 0 atom stereocenters. The van der Waals surface area contributed by atoms with Crippen molar-refractivity contribution in [3.63, 3.8) is 0 Å². The maximum absolute atomic E-state index is 11.4. The van der Waals surface area contributed by atoms with E-state index in [1.807, 2.05) is 0 Å². The Morgan fingerprint density at radius 3 is 2.29 bits per heavy atom. The molecule has 2 aromatic rings. The Bertz CT molecular complexity index is 651. The van der Waals surface area contributed by atoms with Gasteiger partial charge in [-0.05, 0) is 23.8 Å². The lowest BCUT2D eigenvalue weighted by atomic mass is 10.1. The molecular formula is C12H8Cl2O2S. The van der Waals surface area contributed by atoms with E-state index in [4.69, 9.17) is 22.3 Å². The lowest BCUT2D eigenvalue weighted by Gasteiger charge is -2.06. The van der Waals surface area contributed by atoms with Crippen LogP contribution in [0, 0.1) is 0 Å². The molecule has 0 N–H and O–H groups in total. The van der Waals surface area contributed by atoms with Gasteiger partial charge in [-0.2, -0.15) is 0 Å². The van der Waals surface area contributed by atoms with E-state index in [0.29, 0.717) is 10.6 Å². The van der Waals surface area contributed by atoms with E-state index in [1.165, 1.54) is 6.07 Å². The predicted octanol–water partition coefficient (Wildman–Crippen LogP) is 3.93. The van der Waals surface area contributed by atoms with E-state index in [1.54, 1.807) is 42.5 Å². The van der Waals surface area contributed by atoms with Crippen molar-refractivity contribution in [2.45, 2.75) is 4.90 Å². The van der Waals surface area contributed by atoms with E-state index in [0.717, 1.165) is 5.56 Å². The minimum absolute atomic E-state index is 0.0870. The average molecular weight is 287 g/mol. The summed E-state index contributed by atoms with van der Waals surface area (Å²) in [5.41, 5.74) is 1.27. The van der Waals surface area contributed by atoms with Gasteiger partial charge in [0.1, 0.15) is 0 Å². The first-order valence-electron chi connectivity index (χ1n) is 4.78. The lowest BCUT2D eigenvalue weighted by Crippen LogP contribution is -1.94. The highest BCUT2D eigenvalue weighted by Gasteiger charge is 2.15. The molecule has 0 saturated carbocycles. The Morgan fingerprint density at radius 2 is 1.65 bits per heavy atom. The Kier molecular flexibility index (Phi) is 3.43. The molecule has 0 aliphatic carbocycles. The largest absolute Gasteiger partial charge is 0.261 e. The number of hydrogen-bond donors (Lipinski definition) is 0. The zero-order valence-electron chi connectivity index (χ0n) is 8.60. The van der Waals surface area contributed by atoms with Crippen molar-refractivity contribution in [1.29, 1.82) is 0 Å². The van der Waals surface area contributed by atoms with Crippen LogP contribution in [0.3, 0.4) is 0 Å². The summed E-state index contributed by atoms with van der Waals surface area (Å²) < 4.78 is 22.9. The summed E-state index contributed by atoms with van der Waals surface area (Å²) in [5.74, 6) is 0. The Hall–Kier alpha value is -1.03. The molecule has 0 aliphatic heterocycles. The summed E-state index contributed by atoms with van der Waals surface area (Å²) >= 11 is 5.88. The van der Waals surface area contributed by atoms with Gasteiger partial charge in [-0.3, -0.25) is 0 Å². The third-order valence-corrected chi connectivity index (χ3v) is 3.90. The highest BCUT2D eigenvalue weighted by molar-refractivity contribution is 8.13. The number of halogens is 2. The average Bonchev–Trinajstić information content (AvgIpc) is 2.28. The molecule has 0 bridgehead atoms. The van der Waals surface area contributed by atoms with E-state index < -0.39 is 9.05 Å². The molecule has 88 valence electrons. The third-order valence-electron chi connectivity index (χ3n) is 2.29.